The van der Waals surface area contributed by atoms with E-state index in [1.807, 2.05) is 17.5 Å². The molecule has 0 spiro atoms. The Hall–Kier alpha value is -2.20. The summed E-state index contributed by atoms with van der Waals surface area (Å²) in [4.78, 5) is 8.40. The van der Waals surface area contributed by atoms with Crippen molar-refractivity contribution in [3.63, 3.8) is 0 Å². The van der Waals surface area contributed by atoms with Crippen LogP contribution in [0.5, 0.6) is 11.6 Å². The predicted octanol–water partition coefficient (Wildman–Crippen LogP) is 4.56. The van der Waals surface area contributed by atoms with Crippen LogP contribution in [0.4, 0.5) is 4.39 Å². The molecule has 142 valence electrons. The fourth-order valence-electron chi connectivity index (χ4n) is 2.23. The van der Waals surface area contributed by atoms with Crippen molar-refractivity contribution in [2.24, 2.45) is 4.99 Å². The zero-order valence-corrected chi connectivity index (χ0v) is 17.8. The van der Waals surface area contributed by atoms with Gasteiger partial charge in [-0.3, -0.25) is 4.99 Å². The normalized spacial score (nSPS) is 10.8. The van der Waals surface area contributed by atoms with E-state index in [4.69, 9.17) is 4.74 Å². The van der Waals surface area contributed by atoms with Crippen molar-refractivity contribution in [2.45, 2.75) is 13.1 Å². The monoisotopic (exact) mass is 498 g/mol. The summed E-state index contributed by atoms with van der Waals surface area (Å²) in [5.41, 5.74) is 2.22. The SMILES string of the molecule is CN=C(NCc1ccsc1)NCc1ccnc(Oc2ccc(F)cc2)c1.I. The van der Waals surface area contributed by atoms with Gasteiger partial charge in [-0.05, 0) is 58.3 Å². The Labute approximate surface area is 178 Å². The van der Waals surface area contributed by atoms with E-state index in [1.54, 1.807) is 36.7 Å². The van der Waals surface area contributed by atoms with E-state index >= 15 is 0 Å². The zero-order chi connectivity index (χ0) is 18.2. The molecule has 0 bridgehead atoms. The molecule has 0 atom stereocenters. The number of hydrogen-bond donors (Lipinski definition) is 2. The summed E-state index contributed by atoms with van der Waals surface area (Å²) in [6, 6.07) is 11.6. The zero-order valence-electron chi connectivity index (χ0n) is 14.7. The van der Waals surface area contributed by atoms with Gasteiger partial charge in [-0.25, -0.2) is 9.37 Å². The van der Waals surface area contributed by atoms with Gasteiger partial charge in [0.1, 0.15) is 11.6 Å². The molecule has 0 radical (unpaired) electrons. The summed E-state index contributed by atoms with van der Waals surface area (Å²) in [7, 11) is 1.73. The summed E-state index contributed by atoms with van der Waals surface area (Å²) in [5, 5.41) is 10.7. The first-order valence-corrected chi connectivity index (χ1v) is 9.01. The summed E-state index contributed by atoms with van der Waals surface area (Å²) in [5.74, 6) is 1.41. The molecule has 8 heteroatoms. The molecule has 0 unspecified atom stereocenters. The van der Waals surface area contributed by atoms with Gasteiger partial charge in [-0.15, -0.1) is 24.0 Å². The molecule has 5 nitrogen and oxygen atoms in total. The van der Waals surface area contributed by atoms with Crippen LogP contribution >= 0.6 is 35.3 Å². The van der Waals surface area contributed by atoms with Crippen LogP contribution in [0.25, 0.3) is 0 Å². The van der Waals surface area contributed by atoms with Gasteiger partial charge in [0, 0.05) is 32.4 Å². The average molecular weight is 498 g/mol. The Kier molecular flexibility index (Phi) is 8.46. The van der Waals surface area contributed by atoms with E-state index in [9.17, 15) is 4.39 Å². The third-order valence-corrected chi connectivity index (χ3v) is 4.29. The Morgan fingerprint density at radius 3 is 2.52 bits per heavy atom. The number of benzene rings is 1. The Morgan fingerprint density at radius 2 is 1.85 bits per heavy atom. The molecule has 3 rings (SSSR count). The summed E-state index contributed by atoms with van der Waals surface area (Å²) >= 11 is 1.67. The van der Waals surface area contributed by atoms with Crippen molar-refractivity contribution in [2.75, 3.05) is 7.05 Å². The molecule has 0 amide bonds. The van der Waals surface area contributed by atoms with E-state index in [0.717, 1.165) is 12.1 Å². The quantitative estimate of drug-likeness (QED) is 0.297. The highest BCUT2D eigenvalue weighted by atomic mass is 127. The summed E-state index contributed by atoms with van der Waals surface area (Å²) < 4.78 is 18.6. The fourth-order valence-corrected chi connectivity index (χ4v) is 2.89. The fraction of sp³-hybridized carbons (Fsp3) is 0.158. The molecule has 27 heavy (non-hydrogen) atoms. The molecule has 2 aromatic heterocycles. The average Bonchev–Trinajstić information content (AvgIpc) is 3.18. The van der Waals surface area contributed by atoms with Crippen LogP contribution in [0.15, 0.2) is 64.4 Å². The van der Waals surface area contributed by atoms with Gasteiger partial charge in [0.2, 0.25) is 5.88 Å². The first-order valence-electron chi connectivity index (χ1n) is 8.07. The molecule has 2 N–H and O–H groups in total. The maximum Gasteiger partial charge on any atom is 0.219 e. The molecule has 0 saturated carbocycles. The third-order valence-electron chi connectivity index (χ3n) is 3.56. The van der Waals surface area contributed by atoms with Crippen LogP contribution in [0.2, 0.25) is 0 Å². The highest BCUT2D eigenvalue weighted by molar-refractivity contribution is 14.0. The smallest absolute Gasteiger partial charge is 0.219 e. The van der Waals surface area contributed by atoms with E-state index < -0.39 is 0 Å². The lowest BCUT2D eigenvalue weighted by molar-refractivity contribution is 0.460. The van der Waals surface area contributed by atoms with Gasteiger partial charge in [0.25, 0.3) is 0 Å². The standard InChI is InChI=1S/C19H19FN4OS.HI/c1-21-19(24-12-15-7-9-26-13-15)23-11-14-6-8-22-18(10-14)25-17-4-2-16(20)3-5-17;/h2-10,13H,11-12H2,1H3,(H2,21,23,24);1H. The molecule has 2 heterocycles. The summed E-state index contributed by atoms with van der Waals surface area (Å²) in [6.45, 7) is 1.30. The van der Waals surface area contributed by atoms with Crippen LogP contribution in [-0.4, -0.2) is 18.0 Å². The number of pyridine rings is 1. The summed E-state index contributed by atoms with van der Waals surface area (Å²) in [6.07, 6.45) is 1.68. The second kappa shape index (κ2) is 10.8. The Balaban J connectivity index is 0.00000261. The van der Waals surface area contributed by atoms with Gasteiger partial charge in [-0.2, -0.15) is 11.3 Å². The molecule has 0 aliphatic rings. The lowest BCUT2D eigenvalue weighted by Crippen LogP contribution is -2.36. The number of guanidine groups is 1. The maximum absolute atomic E-state index is 13.0. The molecule has 0 aliphatic heterocycles. The van der Waals surface area contributed by atoms with Crippen molar-refractivity contribution < 1.29 is 9.13 Å². The number of halogens is 2. The van der Waals surface area contributed by atoms with Crippen LogP contribution < -0.4 is 15.4 Å². The van der Waals surface area contributed by atoms with Crippen LogP contribution in [0.1, 0.15) is 11.1 Å². The second-order valence-electron chi connectivity index (χ2n) is 5.47. The van der Waals surface area contributed by atoms with Crippen LogP contribution in [0.3, 0.4) is 0 Å². The number of hydrogen-bond acceptors (Lipinski definition) is 4. The van der Waals surface area contributed by atoms with Crippen molar-refractivity contribution in [1.29, 1.82) is 0 Å². The van der Waals surface area contributed by atoms with Crippen molar-refractivity contribution in [1.82, 2.24) is 15.6 Å². The number of nitrogens with one attached hydrogen (secondary N) is 2. The van der Waals surface area contributed by atoms with Crippen molar-refractivity contribution >= 4 is 41.3 Å². The van der Waals surface area contributed by atoms with Crippen molar-refractivity contribution in [3.8, 4) is 11.6 Å². The topological polar surface area (TPSA) is 58.5 Å². The van der Waals surface area contributed by atoms with E-state index in [-0.39, 0.29) is 29.8 Å². The minimum atomic E-state index is -0.301. The second-order valence-corrected chi connectivity index (χ2v) is 6.25. The highest BCUT2D eigenvalue weighted by Gasteiger charge is 2.03. The molecule has 0 aliphatic carbocycles. The maximum atomic E-state index is 13.0. The number of ether oxygens (including phenoxy) is 1. The molecule has 0 fully saturated rings. The Bertz CT molecular complexity index is 856. The lowest BCUT2D eigenvalue weighted by atomic mass is 10.2. The number of aromatic nitrogens is 1. The molecular weight excluding hydrogens is 478 g/mol. The first-order chi connectivity index (χ1) is 12.7. The largest absolute Gasteiger partial charge is 0.439 e. The van der Waals surface area contributed by atoms with Gasteiger partial charge in [0.15, 0.2) is 5.96 Å². The lowest BCUT2D eigenvalue weighted by Gasteiger charge is -2.12. The van der Waals surface area contributed by atoms with Gasteiger partial charge in [0.05, 0.1) is 0 Å². The van der Waals surface area contributed by atoms with Crippen LogP contribution in [0, 0.1) is 5.82 Å². The molecule has 1 aromatic carbocycles. The predicted molar refractivity (Wildman–Crippen MR) is 117 cm³/mol. The first kappa shape index (κ1) is 21.1. The number of aliphatic imine (C=N–C) groups is 1. The minimum absolute atomic E-state index is 0. The number of rotatable bonds is 6. The van der Waals surface area contributed by atoms with Crippen molar-refractivity contribution in [3.05, 3.63) is 76.4 Å². The molecule has 0 saturated heterocycles. The van der Waals surface area contributed by atoms with E-state index in [0.29, 0.717) is 24.1 Å². The highest BCUT2D eigenvalue weighted by Crippen LogP contribution is 2.20. The van der Waals surface area contributed by atoms with E-state index in [2.05, 4.69) is 32.1 Å². The van der Waals surface area contributed by atoms with Gasteiger partial charge in [-0.1, -0.05) is 0 Å². The molecular formula is C19H20FIN4OS. The third kappa shape index (κ3) is 6.79. The van der Waals surface area contributed by atoms with Crippen LogP contribution in [-0.2, 0) is 13.1 Å². The minimum Gasteiger partial charge on any atom is -0.439 e. The van der Waals surface area contributed by atoms with Gasteiger partial charge >= 0.3 is 0 Å². The van der Waals surface area contributed by atoms with E-state index in [1.165, 1.54) is 17.7 Å². The number of thiophene rings is 1. The number of nitrogens with zero attached hydrogens (tertiary/aromatic N) is 2. The molecule has 3 aromatic rings. The van der Waals surface area contributed by atoms with Gasteiger partial charge < -0.3 is 15.4 Å². The Morgan fingerprint density at radius 1 is 1.11 bits per heavy atom.